The third kappa shape index (κ3) is 2.83. The van der Waals surface area contributed by atoms with Crippen LogP contribution in [0.3, 0.4) is 0 Å². The smallest absolute Gasteiger partial charge is 0.232 e. The van der Waals surface area contributed by atoms with Crippen LogP contribution in [0.1, 0.15) is 11.4 Å². The molecule has 1 aromatic heterocycles. The predicted octanol–water partition coefficient (Wildman–Crippen LogP) is 3.86. The first-order valence-corrected chi connectivity index (χ1v) is 9.41. The van der Waals surface area contributed by atoms with Gasteiger partial charge in [-0.15, -0.1) is 0 Å². The molecule has 25 heavy (non-hydrogen) atoms. The fourth-order valence-electron chi connectivity index (χ4n) is 2.91. The first-order chi connectivity index (χ1) is 12.2. The summed E-state index contributed by atoms with van der Waals surface area (Å²) in [5, 5.41) is 0. The van der Waals surface area contributed by atoms with Gasteiger partial charge in [0.1, 0.15) is 5.82 Å². The van der Waals surface area contributed by atoms with Crippen LogP contribution in [-0.2, 0) is 16.4 Å². The van der Waals surface area contributed by atoms with Crippen molar-refractivity contribution >= 4 is 21.1 Å². The number of para-hydroxylation sites is 2. The van der Waals surface area contributed by atoms with Crippen molar-refractivity contribution in [3.05, 3.63) is 96.3 Å². The number of hydrogen-bond acceptors (Lipinski definition) is 3. The van der Waals surface area contributed by atoms with Gasteiger partial charge in [-0.2, -0.15) is 0 Å². The quantitative estimate of drug-likeness (QED) is 0.563. The highest BCUT2D eigenvalue weighted by Crippen LogP contribution is 2.24. The molecule has 0 bridgehead atoms. The second-order valence-electron chi connectivity index (χ2n) is 5.76. The summed E-state index contributed by atoms with van der Waals surface area (Å²) in [5.41, 5.74) is 2.28. The zero-order valence-corrected chi connectivity index (χ0v) is 14.2. The first kappa shape index (κ1) is 15.6. The summed E-state index contributed by atoms with van der Waals surface area (Å²) < 4.78 is 27.9. The standard InChI is InChI=1S/C20H16N2O2S/c23-25(24,17-11-5-2-6-12-17)22-19-14-8-7-13-18(19)21-20(22)15-16-9-3-1-4-10-16/h1-14H,15H2. The van der Waals surface area contributed by atoms with Crippen LogP contribution in [0, 0.1) is 0 Å². The molecule has 5 heteroatoms. The summed E-state index contributed by atoms with van der Waals surface area (Å²) in [5.74, 6) is 0.510. The van der Waals surface area contributed by atoms with E-state index in [0.717, 1.165) is 5.56 Å². The fourth-order valence-corrected chi connectivity index (χ4v) is 4.42. The van der Waals surface area contributed by atoms with E-state index in [0.29, 0.717) is 23.3 Å². The lowest BCUT2D eigenvalue weighted by atomic mass is 10.1. The summed E-state index contributed by atoms with van der Waals surface area (Å²) in [6.45, 7) is 0. The summed E-state index contributed by atoms with van der Waals surface area (Å²) >= 11 is 0. The number of nitrogens with zero attached hydrogens (tertiary/aromatic N) is 2. The van der Waals surface area contributed by atoms with Crippen LogP contribution in [0.5, 0.6) is 0 Å². The maximum Gasteiger partial charge on any atom is 0.269 e. The van der Waals surface area contributed by atoms with Gasteiger partial charge in [-0.3, -0.25) is 0 Å². The molecule has 0 saturated heterocycles. The fraction of sp³-hybridized carbons (Fsp3) is 0.0500. The van der Waals surface area contributed by atoms with E-state index in [4.69, 9.17) is 0 Å². The van der Waals surface area contributed by atoms with E-state index in [1.165, 1.54) is 3.97 Å². The number of hydrogen-bond donors (Lipinski definition) is 0. The Balaban J connectivity index is 1.94. The second kappa shape index (κ2) is 6.18. The third-order valence-electron chi connectivity index (χ3n) is 4.07. The lowest BCUT2D eigenvalue weighted by Gasteiger charge is -2.10. The van der Waals surface area contributed by atoms with Gasteiger partial charge in [0.2, 0.25) is 0 Å². The Hall–Kier alpha value is -2.92. The van der Waals surface area contributed by atoms with E-state index in [2.05, 4.69) is 4.98 Å². The average molecular weight is 348 g/mol. The molecule has 0 N–H and O–H groups in total. The molecule has 0 aliphatic carbocycles. The zero-order chi connectivity index (χ0) is 17.3. The van der Waals surface area contributed by atoms with Crippen LogP contribution in [0.4, 0.5) is 0 Å². The molecule has 0 aliphatic heterocycles. The maximum absolute atomic E-state index is 13.2. The number of imidazole rings is 1. The van der Waals surface area contributed by atoms with Crippen LogP contribution in [0.2, 0.25) is 0 Å². The van der Waals surface area contributed by atoms with Gasteiger partial charge in [0.25, 0.3) is 10.0 Å². The SMILES string of the molecule is O=S(=O)(c1ccccc1)n1c(Cc2ccccc2)nc2ccccc21. The van der Waals surface area contributed by atoms with E-state index >= 15 is 0 Å². The van der Waals surface area contributed by atoms with Crippen LogP contribution in [-0.4, -0.2) is 17.4 Å². The van der Waals surface area contributed by atoms with Crippen LogP contribution in [0.25, 0.3) is 11.0 Å². The van der Waals surface area contributed by atoms with E-state index in [9.17, 15) is 8.42 Å². The molecule has 0 atom stereocenters. The van der Waals surface area contributed by atoms with Gasteiger partial charge in [0.05, 0.1) is 15.9 Å². The highest BCUT2D eigenvalue weighted by Gasteiger charge is 2.23. The van der Waals surface area contributed by atoms with E-state index < -0.39 is 10.0 Å². The van der Waals surface area contributed by atoms with Gasteiger partial charge < -0.3 is 0 Å². The highest BCUT2D eigenvalue weighted by atomic mass is 32.2. The second-order valence-corrected chi connectivity index (χ2v) is 7.55. The van der Waals surface area contributed by atoms with E-state index in [-0.39, 0.29) is 4.90 Å². The summed E-state index contributed by atoms with van der Waals surface area (Å²) in [7, 11) is -3.72. The average Bonchev–Trinajstić information content (AvgIpc) is 3.02. The lowest BCUT2D eigenvalue weighted by Crippen LogP contribution is -2.16. The Bertz CT molecular complexity index is 1120. The Morgan fingerprint density at radius 2 is 1.36 bits per heavy atom. The minimum Gasteiger partial charge on any atom is -0.232 e. The Kier molecular flexibility index (Phi) is 3.86. The van der Waals surface area contributed by atoms with Gasteiger partial charge in [-0.1, -0.05) is 60.7 Å². The molecule has 4 nitrogen and oxygen atoms in total. The topological polar surface area (TPSA) is 52.0 Å². The molecule has 124 valence electrons. The van der Waals surface area contributed by atoms with Crippen LogP contribution in [0.15, 0.2) is 89.8 Å². The molecule has 0 amide bonds. The largest absolute Gasteiger partial charge is 0.269 e. The molecular formula is C20H16N2O2S. The monoisotopic (exact) mass is 348 g/mol. The van der Waals surface area contributed by atoms with Crippen molar-refractivity contribution in [2.24, 2.45) is 0 Å². The van der Waals surface area contributed by atoms with Crippen molar-refractivity contribution in [2.45, 2.75) is 11.3 Å². The van der Waals surface area contributed by atoms with Crippen molar-refractivity contribution in [3.8, 4) is 0 Å². The molecule has 0 radical (unpaired) electrons. The Morgan fingerprint density at radius 3 is 2.08 bits per heavy atom. The van der Waals surface area contributed by atoms with Gasteiger partial charge >= 0.3 is 0 Å². The molecule has 3 aromatic carbocycles. The lowest BCUT2D eigenvalue weighted by molar-refractivity contribution is 0.586. The molecule has 0 unspecified atom stereocenters. The van der Waals surface area contributed by atoms with Crippen molar-refractivity contribution in [2.75, 3.05) is 0 Å². The molecule has 0 saturated carbocycles. The molecule has 0 aliphatic rings. The summed E-state index contributed by atoms with van der Waals surface area (Å²) in [6, 6.07) is 25.5. The Morgan fingerprint density at radius 1 is 0.760 bits per heavy atom. The minimum absolute atomic E-state index is 0.257. The zero-order valence-electron chi connectivity index (χ0n) is 13.4. The number of fused-ring (bicyclic) bond motifs is 1. The molecule has 4 rings (SSSR count). The van der Waals surface area contributed by atoms with Crippen molar-refractivity contribution < 1.29 is 8.42 Å². The van der Waals surface area contributed by atoms with Gasteiger partial charge in [-0.25, -0.2) is 17.4 Å². The van der Waals surface area contributed by atoms with Crippen molar-refractivity contribution in [3.63, 3.8) is 0 Å². The highest BCUT2D eigenvalue weighted by molar-refractivity contribution is 7.90. The van der Waals surface area contributed by atoms with Gasteiger partial charge in [0, 0.05) is 6.42 Å². The van der Waals surface area contributed by atoms with Crippen molar-refractivity contribution in [1.82, 2.24) is 8.96 Å². The molecular weight excluding hydrogens is 332 g/mol. The van der Waals surface area contributed by atoms with Crippen LogP contribution >= 0.6 is 0 Å². The maximum atomic E-state index is 13.2. The predicted molar refractivity (Wildman–Crippen MR) is 98.0 cm³/mol. The minimum atomic E-state index is -3.72. The van der Waals surface area contributed by atoms with Gasteiger partial charge in [-0.05, 0) is 29.8 Å². The Labute approximate surface area is 146 Å². The molecule has 0 fully saturated rings. The first-order valence-electron chi connectivity index (χ1n) is 7.97. The van der Waals surface area contributed by atoms with Gasteiger partial charge in [0.15, 0.2) is 0 Å². The molecule has 1 heterocycles. The third-order valence-corrected chi connectivity index (χ3v) is 5.83. The molecule has 0 spiro atoms. The summed E-state index contributed by atoms with van der Waals surface area (Å²) in [6.07, 6.45) is 0.446. The molecule has 4 aromatic rings. The number of benzene rings is 3. The van der Waals surface area contributed by atoms with Crippen molar-refractivity contribution in [1.29, 1.82) is 0 Å². The van der Waals surface area contributed by atoms with Crippen LogP contribution < -0.4 is 0 Å². The number of rotatable bonds is 4. The summed E-state index contributed by atoms with van der Waals surface area (Å²) in [4.78, 5) is 4.84. The van der Waals surface area contributed by atoms with E-state index in [1.807, 2.05) is 48.5 Å². The van der Waals surface area contributed by atoms with E-state index in [1.54, 1.807) is 36.4 Å². The normalized spacial score (nSPS) is 11.7. The number of aromatic nitrogens is 2.